The van der Waals surface area contributed by atoms with E-state index in [0.29, 0.717) is 6.04 Å². The standard InChI is InChI=1S/C15H27NO2S/c1-16-14(13-3-2-10-19-13)12-4-7-18-15(11-12)5-8-17-9-6-15/h12-14,16H,2-11H2,1H3. The van der Waals surface area contributed by atoms with Crippen LogP contribution in [0.1, 0.15) is 38.5 Å². The zero-order valence-electron chi connectivity index (χ0n) is 12.0. The molecule has 3 fully saturated rings. The van der Waals surface area contributed by atoms with Gasteiger partial charge in [0, 0.05) is 31.1 Å². The number of ether oxygens (including phenoxy) is 2. The molecule has 3 aliphatic heterocycles. The van der Waals surface area contributed by atoms with Crippen LogP contribution < -0.4 is 5.32 Å². The van der Waals surface area contributed by atoms with Gasteiger partial charge in [-0.05, 0) is 57.2 Å². The third-order valence-corrected chi connectivity index (χ3v) is 6.62. The second kappa shape index (κ2) is 6.33. The molecular formula is C15H27NO2S. The highest BCUT2D eigenvalue weighted by Crippen LogP contribution is 2.41. The van der Waals surface area contributed by atoms with Gasteiger partial charge in [-0.25, -0.2) is 0 Å². The summed E-state index contributed by atoms with van der Waals surface area (Å²) in [5.74, 6) is 2.14. The summed E-state index contributed by atoms with van der Waals surface area (Å²) in [5.41, 5.74) is 0.138. The van der Waals surface area contributed by atoms with Crippen LogP contribution in [0.2, 0.25) is 0 Å². The number of rotatable bonds is 3. The van der Waals surface area contributed by atoms with Crippen LogP contribution in [0.3, 0.4) is 0 Å². The van der Waals surface area contributed by atoms with E-state index in [1.807, 2.05) is 0 Å². The molecule has 0 aliphatic carbocycles. The molecule has 3 saturated heterocycles. The SMILES string of the molecule is CNC(C1CCOC2(CCOCC2)C1)C1CCCS1. The lowest BCUT2D eigenvalue weighted by Gasteiger charge is -2.46. The second-order valence-electron chi connectivity index (χ2n) is 6.26. The molecule has 3 nitrogen and oxygen atoms in total. The molecule has 0 amide bonds. The molecule has 0 aromatic rings. The van der Waals surface area contributed by atoms with E-state index in [4.69, 9.17) is 9.47 Å². The lowest BCUT2D eigenvalue weighted by molar-refractivity contribution is -0.150. The van der Waals surface area contributed by atoms with E-state index >= 15 is 0 Å². The molecule has 1 N–H and O–H groups in total. The topological polar surface area (TPSA) is 30.5 Å². The zero-order chi connectivity index (χ0) is 13.1. The van der Waals surface area contributed by atoms with Crippen molar-refractivity contribution in [2.75, 3.05) is 32.6 Å². The average molecular weight is 285 g/mol. The Labute approximate surface area is 121 Å². The van der Waals surface area contributed by atoms with Gasteiger partial charge >= 0.3 is 0 Å². The minimum atomic E-state index is 0.138. The number of thioether (sulfide) groups is 1. The molecule has 0 radical (unpaired) electrons. The van der Waals surface area contributed by atoms with E-state index in [9.17, 15) is 0 Å². The van der Waals surface area contributed by atoms with Gasteiger partial charge in [-0.2, -0.15) is 11.8 Å². The van der Waals surface area contributed by atoms with Gasteiger partial charge in [-0.3, -0.25) is 0 Å². The van der Waals surface area contributed by atoms with Crippen LogP contribution in [-0.2, 0) is 9.47 Å². The van der Waals surface area contributed by atoms with Gasteiger partial charge < -0.3 is 14.8 Å². The van der Waals surface area contributed by atoms with E-state index in [2.05, 4.69) is 24.1 Å². The van der Waals surface area contributed by atoms with Gasteiger partial charge in [0.1, 0.15) is 0 Å². The van der Waals surface area contributed by atoms with Crippen molar-refractivity contribution in [2.45, 2.75) is 55.4 Å². The van der Waals surface area contributed by atoms with Gasteiger partial charge in [-0.15, -0.1) is 0 Å². The average Bonchev–Trinajstić information content (AvgIpc) is 2.95. The monoisotopic (exact) mass is 285 g/mol. The van der Waals surface area contributed by atoms with Crippen LogP contribution in [0.25, 0.3) is 0 Å². The van der Waals surface area contributed by atoms with Crippen molar-refractivity contribution < 1.29 is 9.47 Å². The Morgan fingerprint density at radius 3 is 2.74 bits per heavy atom. The summed E-state index contributed by atoms with van der Waals surface area (Å²) in [6, 6.07) is 0.677. The Kier molecular flexibility index (Phi) is 4.73. The lowest BCUT2D eigenvalue weighted by Crippen LogP contribution is -2.51. The first kappa shape index (κ1) is 14.2. The maximum atomic E-state index is 6.18. The molecule has 0 aromatic heterocycles. The molecule has 19 heavy (non-hydrogen) atoms. The smallest absolute Gasteiger partial charge is 0.0729 e. The van der Waals surface area contributed by atoms with E-state index in [0.717, 1.165) is 43.8 Å². The van der Waals surface area contributed by atoms with Crippen molar-refractivity contribution in [3.05, 3.63) is 0 Å². The third kappa shape index (κ3) is 3.12. The van der Waals surface area contributed by atoms with Crippen LogP contribution in [0.4, 0.5) is 0 Å². The van der Waals surface area contributed by atoms with Gasteiger partial charge in [0.05, 0.1) is 5.60 Å². The van der Waals surface area contributed by atoms with Crippen molar-refractivity contribution >= 4 is 11.8 Å². The summed E-state index contributed by atoms with van der Waals surface area (Å²) < 4.78 is 11.7. The Morgan fingerprint density at radius 2 is 2.05 bits per heavy atom. The normalized spacial score (nSPS) is 36.5. The van der Waals surface area contributed by atoms with E-state index in [1.165, 1.54) is 31.4 Å². The minimum absolute atomic E-state index is 0.138. The van der Waals surface area contributed by atoms with Gasteiger partial charge in [0.2, 0.25) is 0 Å². The zero-order valence-corrected chi connectivity index (χ0v) is 12.8. The summed E-state index contributed by atoms with van der Waals surface area (Å²) in [6.45, 7) is 2.71. The number of nitrogens with one attached hydrogen (secondary N) is 1. The molecule has 1 spiro atoms. The predicted molar refractivity (Wildman–Crippen MR) is 79.8 cm³/mol. The minimum Gasteiger partial charge on any atom is -0.381 e. The summed E-state index contributed by atoms with van der Waals surface area (Å²) in [4.78, 5) is 0. The fourth-order valence-corrected chi connectivity index (χ4v) is 5.61. The Balaban J connectivity index is 1.65. The Hall–Kier alpha value is 0.230. The first-order valence-electron chi connectivity index (χ1n) is 7.84. The van der Waals surface area contributed by atoms with E-state index in [-0.39, 0.29) is 5.60 Å². The third-order valence-electron chi connectivity index (χ3n) is 5.14. The molecule has 0 aromatic carbocycles. The maximum Gasteiger partial charge on any atom is 0.0729 e. The van der Waals surface area contributed by atoms with Gasteiger partial charge in [0.25, 0.3) is 0 Å². The Morgan fingerprint density at radius 1 is 1.21 bits per heavy atom. The maximum absolute atomic E-state index is 6.18. The number of hydrogen-bond acceptors (Lipinski definition) is 4. The highest BCUT2D eigenvalue weighted by Gasteiger charge is 2.42. The molecule has 3 rings (SSSR count). The summed E-state index contributed by atoms with van der Waals surface area (Å²) in [6.07, 6.45) is 7.44. The molecule has 3 atom stereocenters. The van der Waals surface area contributed by atoms with Gasteiger partial charge in [-0.1, -0.05) is 0 Å². The molecule has 0 saturated carbocycles. The van der Waals surface area contributed by atoms with Crippen molar-refractivity contribution in [1.29, 1.82) is 0 Å². The van der Waals surface area contributed by atoms with Crippen molar-refractivity contribution in [3.63, 3.8) is 0 Å². The van der Waals surface area contributed by atoms with Crippen LogP contribution in [0.5, 0.6) is 0 Å². The summed E-state index contributed by atoms with van der Waals surface area (Å²) in [5, 5.41) is 4.45. The lowest BCUT2D eigenvalue weighted by atomic mass is 9.76. The highest BCUT2D eigenvalue weighted by molar-refractivity contribution is 8.00. The quantitative estimate of drug-likeness (QED) is 0.863. The second-order valence-corrected chi connectivity index (χ2v) is 7.61. The first-order chi connectivity index (χ1) is 9.33. The summed E-state index contributed by atoms with van der Waals surface area (Å²) >= 11 is 2.18. The molecule has 110 valence electrons. The first-order valence-corrected chi connectivity index (χ1v) is 8.88. The summed E-state index contributed by atoms with van der Waals surface area (Å²) in [7, 11) is 2.15. The largest absolute Gasteiger partial charge is 0.381 e. The fraction of sp³-hybridized carbons (Fsp3) is 1.00. The number of hydrogen-bond donors (Lipinski definition) is 1. The van der Waals surface area contributed by atoms with Crippen LogP contribution in [0, 0.1) is 5.92 Å². The molecule has 4 heteroatoms. The van der Waals surface area contributed by atoms with Crippen molar-refractivity contribution in [2.24, 2.45) is 5.92 Å². The molecule has 3 aliphatic rings. The molecule has 3 unspecified atom stereocenters. The van der Waals surface area contributed by atoms with Crippen molar-refractivity contribution in [3.8, 4) is 0 Å². The van der Waals surface area contributed by atoms with E-state index in [1.54, 1.807) is 0 Å². The molecule has 0 bridgehead atoms. The van der Waals surface area contributed by atoms with Crippen LogP contribution >= 0.6 is 11.8 Å². The molecular weight excluding hydrogens is 258 g/mol. The van der Waals surface area contributed by atoms with Gasteiger partial charge in [0.15, 0.2) is 0 Å². The van der Waals surface area contributed by atoms with Crippen LogP contribution in [-0.4, -0.2) is 49.5 Å². The highest BCUT2D eigenvalue weighted by atomic mass is 32.2. The fourth-order valence-electron chi connectivity index (χ4n) is 4.07. The van der Waals surface area contributed by atoms with Crippen molar-refractivity contribution in [1.82, 2.24) is 5.32 Å². The molecule has 3 heterocycles. The Bertz CT molecular complexity index is 282. The van der Waals surface area contributed by atoms with E-state index < -0.39 is 0 Å². The van der Waals surface area contributed by atoms with Crippen LogP contribution in [0.15, 0.2) is 0 Å². The predicted octanol–water partition coefficient (Wildman–Crippen LogP) is 2.45.